The van der Waals surface area contributed by atoms with Gasteiger partial charge in [0.2, 0.25) is 17.1 Å². The summed E-state index contributed by atoms with van der Waals surface area (Å²) in [5, 5.41) is 0.513. The van der Waals surface area contributed by atoms with Gasteiger partial charge in [-0.2, -0.15) is 0 Å². The highest BCUT2D eigenvalue weighted by atomic mass is 127. The quantitative estimate of drug-likeness (QED) is 0.110. The van der Waals surface area contributed by atoms with Crippen molar-refractivity contribution in [3.8, 4) is 23.7 Å². The Labute approximate surface area is 358 Å². The summed E-state index contributed by atoms with van der Waals surface area (Å²) in [4.78, 5) is 118. The molecule has 0 radical (unpaired) electrons. The van der Waals surface area contributed by atoms with Gasteiger partial charge in [-0.05, 0) is 82.8 Å². The maximum absolute atomic E-state index is 12.2. The van der Waals surface area contributed by atoms with E-state index >= 15 is 0 Å². The van der Waals surface area contributed by atoms with Gasteiger partial charge in [-0.15, -0.1) is 0 Å². The summed E-state index contributed by atoms with van der Waals surface area (Å²) in [5.74, 6) is 11.3. The molecule has 0 fully saturated rings. The smallest absolute Gasteiger partial charge is 0.353 e. The average Bonchev–Trinajstić information content (AvgIpc) is 3.23. The van der Waals surface area contributed by atoms with Crippen LogP contribution in [-0.2, 0) is 19.3 Å². The van der Waals surface area contributed by atoms with Crippen molar-refractivity contribution in [3.63, 3.8) is 0 Å². The topological polar surface area (TPSA) is 288 Å². The molecule has 0 bridgehead atoms. The van der Waals surface area contributed by atoms with Crippen molar-refractivity contribution >= 4 is 55.9 Å². The Hall–Kier alpha value is -8.04. The monoisotopic (exact) mass is 950 g/mol. The lowest BCUT2D eigenvalue weighted by Gasteiger charge is -2.03. The number of aryl methyl sites for hydroxylation is 3. The van der Waals surface area contributed by atoms with Crippen molar-refractivity contribution in [2.75, 3.05) is 0 Å². The molecule has 18 nitrogen and oxygen atoms in total. The molecule has 8 rings (SSSR count). The molecule has 0 saturated heterocycles. The maximum atomic E-state index is 12.2. The number of fused-ring (bicyclic) bond motifs is 3. The van der Waals surface area contributed by atoms with Gasteiger partial charge in [0.25, 0.3) is 16.7 Å². The lowest BCUT2D eigenvalue weighted by atomic mass is 10.0. The Morgan fingerprint density at radius 2 is 0.758 bits per heavy atom. The SMILES string of the molecule is CCc1c(C#Cc2ccccc2)c(=O)oc2[nH]c(=O)[nH]c(=O)c12.CCc1c(C#Cc2ccccc2)c(=O)oc2[nH]c(=O)[nH]c(=O)c12.CCc1c(I)c(=O)oc2[nH]c(=O)[nH]c(=O)c12. The van der Waals surface area contributed by atoms with Crippen molar-refractivity contribution in [2.45, 2.75) is 40.0 Å². The van der Waals surface area contributed by atoms with Crippen LogP contribution in [0, 0.1) is 27.3 Å². The molecular weight excluding hydrogens is 919 g/mol. The number of hydrogen-bond donors (Lipinski definition) is 6. The summed E-state index contributed by atoms with van der Waals surface area (Å²) in [6.07, 6.45) is 1.31. The van der Waals surface area contributed by atoms with Crippen molar-refractivity contribution < 1.29 is 13.3 Å². The molecule has 0 atom stereocenters. The highest BCUT2D eigenvalue weighted by Gasteiger charge is 2.18. The van der Waals surface area contributed by atoms with Crippen LogP contribution < -0.4 is 50.6 Å². The highest BCUT2D eigenvalue weighted by molar-refractivity contribution is 14.1. The molecule has 0 aliphatic carbocycles. The van der Waals surface area contributed by atoms with Gasteiger partial charge in [-0.3, -0.25) is 44.3 Å². The van der Waals surface area contributed by atoms with E-state index in [-0.39, 0.29) is 44.4 Å². The molecule has 19 heteroatoms. The molecule has 0 aliphatic heterocycles. The van der Waals surface area contributed by atoms with Gasteiger partial charge in [0.05, 0.1) is 0 Å². The third kappa shape index (κ3) is 9.38. The summed E-state index contributed by atoms with van der Waals surface area (Å²) in [7, 11) is 0. The molecule has 6 N–H and O–H groups in total. The molecule has 8 aromatic rings. The molecule has 0 saturated carbocycles. The minimum Gasteiger partial charge on any atom is -0.405 e. The van der Waals surface area contributed by atoms with Crippen LogP contribution in [0.15, 0.2) is 117 Å². The minimum absolute atomic E-state index is 0.0731. The fourth-order valence-electron chi connectivity index (χ4n) is 6.21. The van der Waals surface area contributed by atoms with Crippen LogP contribution in [0.1, 0.15) is 59.7 Å². The van der Waals surface area contributed by atoms with Gasteiger partial charge in [0, 0.05) is 11.1 Å². The number of benzene rings is 2. The molecule has 2 aromatic carbocycles. The average molecular weight is 951 g/mol. The first-order valence-electron chi connectivity index (χ1n) is 18.5. The third-order valence-electron chi connectivity index (χ3n) is 8.94. The van der Waals surface area contributed by atoms with E-state index in [4.69, 9.17) is 13.3 Å². The number of halogens is 1. The van der Waals surface area contributed by atoms with Gasteiger partial charge in [-0.25, -0.2) is 28.8 Å². The predicted molar refractivity (Wildman–Crippen MR) is 237 cm³/mol. The molecule has 0 unspecified atom stereocenters. The summed E-state index contributed by atoms with van der Waals surface area (Å²) in [6, 6.07) is 18.3. The van der Waals surface area contributed by atoms with Gasteiger partial charge in [-0.1, -0.05) is 80.9 Å². The van der Waals surface area contributed by atoms with E-state index in [1.165, 1.54) is 0 Å². The number of rotatable bonds is 3. The lowest BCUT2D eigenvalue weighted by molar-refractivity contribution is 0.539. The Balaban J connectivity index is 0.000000158. The predicted octanol–water partition coefficient (Wildman–Crippen LogP) is 2.60. The molecule has 312 valence electrons. The molecule has 0 aliphatic rings. The lowest BCUT2D eigenvalue weighted by Crippen LogP contribution is -2.25. The standard InChI is InChI=1S/2C17H12N2O4.C9H7IN2O4/c2*1-2-11-12(9-8-10-6-4-3-5-7-10)16(21)23-15-13(11)14(20)18-17(22)19-15;1-2-3-4-6(13)11-9(15)12-7(4)16-8(14)5(3)10/h2*3-7H,2H2,1H3,(H2,18,19,20,22);2H2,1H3,(H2,11,12,13,15). The molecule has 6 heterocycles. The Bertz CT molecular complexity index is 3530. The molecule has 0 amide bonds. The van der Waals surface area contributed by atoms with Crippen molar-refractivity contribution in [3.05, 3.63) is 197 Å². The zero-order valence-electron chi connectivity index (χ0n) is 32.7. The second-order valence-corrected chi connectivity index (χ2v) is 13.9. The summed E-state index contributed by atoms with van der Waals surface area (Å²) in [6.45, 7) is 5.42. The van der Waals surface area contributed by atoms with Crippen LogP contribution in [0.5, 0.6) is 0 Å². The third-order valence-corrected chi connectivity index (χ3v) is 10.0. The van der Waals surface area contributed by atoms with E-state index in [0.29, 0.717) is 39.5 Å². The van der Waals surface area contributed by atoms with E-state index in [2.05, 4.69) is 53.6 Å². The molecule has 0 spiro atoms. The summed E-state index contributed by atoms with van der Waals surface area (Å²) < 4.78 is 15.3. The Morgan fingerprint density at radius 1 is 0.435 bits per heavy atom. The van der Waals surface area contributed by atoms with Gasteiger partial charge in [0.1, 0.15) is 30.9 Å². The Kier molecular flexibility index (Phi) is 13.3. The normalized spacial score (nSPS) is 10.5. The maximum Gasteiger partial charge on any atom is 0.353 e. The molecular formula is C43H31IN6O12. The van der Waals surface area contributed by atoms with Crippen LogP contribution in [0.25, 0.3) is 33.3 Å². The first-order chi connectivity index (χ1) is 29.7. The zero-order valence-corrected chi connectivity index (χ0v) is 34.8. The van der Waals surface area contributed by atoms with Gasteiger partial charge < -0.3 is 13.3 Å². The van der Waals surface area contributed by atoms with Gasteiger partial charge >= 0.3 is 33.9 Å². The largest absolute Gasteiger partial charge is 0.405 e. The fourth-order valence-corrected chi connectivity index (χ4v) is 6.97. The van der Waals surface area contributed by atoms with Gasteiger partial charge in [0.15, 0.2) is 0 Å². The van der Waals surface area contributed by atoms with Crippen molar-refractivity contribution in [2.24, 2.45) is 0 Å². The van der Waals surface area contributed by atoms with E-state index < -0.39 is 50.6 Å². The van der Waals surface area contributed by atoms with Crippen LogP contribution in [-0.4, -0.2) is 29.9 Å². The van der Waals surface area contributed by atoms with E-state index in [9.17, 15) is 43.2 Å². The minimum atomic E-state index is -0.726. The number of aromatic nitrogens is 6. The van der Waals surface area contributed by atoms with Crippen LogP contribution >= 0.6 is 22.6 Å². The number of aromatic amines is 6. The van der Waals surface area contributed by atoms with Crippen LogP contribution in [0.3, 0.4) is 0 Å². The second kappa shape index (κ2) is 18.9. The number of nitrogens with one attached hydrogen (secondary N) is 6. The van der Waals surface area contributed by atoms with E-state index in [0.717, 1.165) is 11.1 Å². The molecule has 6 aromatic heterocycles. The summed E-state index contributed by atoms with van der Waals surface area (Å²) in [5.41, 5.74) is -2.92. The Morgan fingerprint density at radius 3 is 1.10 bits per heavy atom. The fraction of sp³-hybridized carbons (Fsp3) is 0.140. The number of hydrogen-bond acceptors (Lipinski definition) is 12. The van der Waals surface area contributed by atoms with Crippen molar-refractivity contribution in [1.29, 1.82) is 0 Å². The van der Waals surface area contributed by atoms with Crippen LogP contribution in [0.2, 0.25) is 0 Å². The number of H-pyrrole nitrogens is 6. The first kappa shape index (κ1) is 43.5. The van der Waals surface area contributed by atoms with E-state index in [1.807, 2.05) is 90.2 Å². The summed E-state index contributed by atoms with van der Waals surface area (Å²) >= 11 is 1.83. The van der Waals surface area contributed by atoms with Crippen LogP contribution in [0.4, 0.5) is 0 Å². The van der Waals surface area contributed by atoms with E-state index in [1.54, 1.807) is 13.8 Å². The second-order valence-electron chi connectivity index (χ2n) is 12.8. The van der Waals surface area contributed by atoms with Crippen molar-refractivity contribution in [1.82, 2.24) is 29.9 Å². The zero-order chi connectivity index (χ0) is 44.7. The molecule has 62 heavy (non-hydrogen) atoms. The first-order valence-corrected chi connectivity index (χ1v) is 19.6. The highest BCUT2D eigenvalue weighted by Crippen LogP contribution is 2.17.